The Kier molecular flexibility index (Phi) is 6.20. The molecular formula is C12H19O3PTe. The van der Waals surface area contributed by atoms with Crippen LogP contribution in [0.15, 0.2) is 30.3 Å². The van der Waals surface area contributed by atoms with Crippen LogP contribution in [0, 0.1) is 0 Å². The van der Waals surface area contributed by atoms with Crippen molar-refractivity contribution in [1.82, 2.24) is 0 Å². The Hall–Kier alpha value is 0.160. The van der Waals surface area contributed by atoms with Crippen LogP contribution in [0.4, 0.5) is 0 Å². The molecule has 0 saturated carbocycles. The third-order valence-electron chi connectivity index (χ3n) is 1.64. The first-order valence-electron chi connectivity index (χ1n) is 5.63. The average Bonchev–Trinajstić information content (AvgIpc) is 2.15. The van der Waals surface area contributed by atoms with Gasteiger partial charge < -0.3 is 0 Å². The van der Waals surface area contributed by atoms with Gasteiger partial charge in [-0.25, -0.2) is 0 Å². The Balaban J connectivity index is 2.80. The average molecular weight is 370 g/mol. The van der Waals surface area contributed by atoms with Gasteiger partial charge in [0.2, 0.25) is 0 Å². The van der Waals surface area contributed by atoms with Crippen molar-refractivity contribution in [3.05, 3.63) is 30.3 Å². The van der Waals surface area contributed by atoms with Gasteiger partial charge in [-0.2, -0.15) is 0 Å². The summed E-state index contributed by atoms with van der Waals surface area (Å²) in [7, 11) is 0. The zero-order chi connectivity index (χ0) is 12.9. The molecule has 0 atom stereocenters. The summed E-state index contributed by atoms with van der Waals surface area (Å²) in [6, 6.07) is 9.84. The first-order valence-corrected chi connectivity index (χ1v) is 11.4. The van der Waals surface area contributed by atoms with E-state index in [1.165, 1.54) is 0 Å². The summed E-state index contributed by atoms with van der Waals surface area (Å²) in [5, 5.41) is -2.92. The van der Waals surface area contributed by atoms with Gasteiger partial charge in [-0.15, -0.1) is 0 Å². The molecular weight excluding hydrogens is 351 g/mol. The van der Waals surface area contributed by atoms with E-state index in [2.05, 4.69) is 0 Å². The summed E-state index contributed by atoms with van der Waals surface area (Å²) in [6.45, 7) is 7.53. The molecule has 0 heterocycles. The molecule has 0 saturated heterocycles. The standard InChI is InChI=1S/C12H19O3PTe/c1-10(2)14-16(13,15-11(3)4)17-12-8-6-5-7-9-12/h5-11H,1-4H3. The first-order chi connectivity index (χ1) is 7.91. The summed E-state index contributed by atoms with van der Waals surface area (Å²) < 4.78 is 24.8. The molecule has 0 amide bonds. The maximum absolute atomic E-state index is 12.6. The van der Waals surface area contributed by atoms with Gasteiger partial charge in [-0.05, 0) is 0 Å². The normalized spacial score (nSPS) is 12.4. The van der Waals surface area contributed by atoms with Crippen LogP contribution < -0.4 is 3.61 Å². The Labute approximate surface area is 113 Å². The second kappa shape index (κ2) is 6.92. The van der Waals surface area contributed by atoms with E-state index in [1.54, 1.807) is 0 Å². The molecule has 1 rings (SSSR count). The van der Waals surface area contributed by atoms with Crippen molar-refractivity contribution in [2.24, 2.45) is 0 Å². The molecule has 5 heteroatoms. The molecule has 1 aromatic carbocycles. The molecule has 0 spiro atoms. The predicted molar refractivity (Wildman–Crippen MR) is 71.9 cm³/mol. The van der Waals surface area contributed by atoms with Gasteiger partial charge in [-0.3, -0.25) is 0 Å². The molecule has 0 radical (unpaired) electrons. The van der Waals surface area contributed by atoms with E-state index >= 15 is 0 Å². The van der Waals surface area contributed by atoms with Gasteiger partial charge in [0.15, 0.2) is 0 Å². The Bertz CT molecular complexity index is 365. The maximum atomic E-state index is 12.6. The van der Waals surface area contributed by atoms with Crippen molar-refractivity contribution in [3.63, 3.8) is 0 Å². The Morgan fingerprint density at radius 1 is 1.00 bits per heavy atom. The SMILES string of the molecule is CC(C)OP(=O)(OC(C)C)[Te]c1ccccc1. The molecule has 1 aromatic rings. The fourth-order valence-corrected chi connectivity index (χ4v) is 10.1. The molecule has 0 fully saturated rings. The van der Waals surface area contributed by atoms with Crippen molar-refractivity contribution >= 4 is 29.3 Å². The molecule has 0 bridgehead atoms. The monoisotopic (exact) mass is 372 g/mol. The second-order valence-corrected chi connectivity index (χ2v) is 12.4. The van der Waals surface area contributed by atoms with Crippen LogP contribution >= 0.6 is 5.29 Å². The van der Waals surface area contributed by atoms with Crippen LogP contribution in [-0.2, 0) is 13.6 Å². The van der Waals surface area contributed by atoms with E-state index in [0.717, 1.165) is 3.61 Å². The van der Waals surface area contributed by atoms with E-state index in [1.807, 2.05) is 58.0 Å². The molecule has 0 aromatic heterocycles. The van der Waals surface area contributed by atoms with Crippen molar-refractivity contribution in [2.75, 3.05) is 0 Å². The molecule has 0 N–H and O–H groups in total. The van der Waals surface area contributed by atoms with Crippen LogP contribution in [0.25, 0.3) is 0 Å². The molecule has 0 unspecified atom stereocenters. The zero-order valence-electron chi connectivity index (χ0n) is 10.6. The van der Waals surface area contributed by atoms with E-state index in [4.69, 9.17) is 9.05 Å². The van der Waals surface area contributed by atoms with Gasteiger partial charge in [0, 0.05) is 0 Å². The van der Waals surface area contributed by atoms with E-state index in [9.17, 15) is 4.57 Å². The van der Waals surface area contributed by atoms with Crippen LogP contribution in [0.2, 0.25) is 0 Å². The van der Waals surface area contributed by atoms with Crippen molar-refractivity contribution in [1.29, 1.82) is 0 Å². The molecule has 0 aliphatic heterocycles. The Morgan fingerprint density at radius 2 is 1.47 bits per heavy atom. The van der Waals surface area contributed by atoms with Crippen molar-refractivity contribution in [3.8, 4) is 0 Å². The number of rotatable bonds is 6. The third kappa shape index (κ3) is 6.04. The fraction of sp³-hybridized carbons (Fsp3) is 0.500. The third-order valence-corrected chi connectivity index (χ3v) is 9.40. The van der Waals surface area contributed by atoms with Gasteiger partial charge in [-0.1, -0.05) is 0 Å². The molecule has 0 aliphatic carbocycles. The van der Waals surface area contributed by atoms with Gasteiger partial charge in [0.25, 0.3) is 0 Å². The number of hydrogen-bond acceptors (Lipinski definition) is 3. The summed E-state index contributed by atoms with van der Waals surface area (Å²) >= 11 is -0.979. The van der Waals surface area contributed by atoms with Crippen molar-refractivity contribution in [2.45, 2.75) is 39.9 Å². The minimum absolute atomic E-state index is 0.0756. The predicted octanol–water partition coefficient (Wildman–Crippen LogP) is 2.97. The van der Waals surface area contributed by atoms with Crippen molar-refractivity contribution < 1.29 is 13.6 Å². The minimum atomic E-state index is -2.92. The van der Waals surface area contributed by atoms with Gasteiger partial charge in [0.05, 0.1) is 0 Å². The van der Waals surface area contributed by atoms with E-state index < -0.39 is 25.7 Å². The van der Waals surface area contributed by atoms with E-state index in [0.29, 0.717) is 0 Å². The quantitative estimate of drug-likeness (QED) is 0.571. The number of hydrogen-bond donors (Lipinski definition) is 0. The molecule has 0 aliphatic rings. The van der Waals surface area contributed by atoms with Crippen LogP contribution in [0.5, 0.6) is 0 Å². The van der Waals surface area contributed by atoms with Crippen LogP contribution in [-0.4, -0.2) is 32.6 Å². The summed E-state index contributed by atoms with van der Waals surface area (Å²) in [5.41, 5.74) is 0. The number of benzene rings is 1. The van der Waals surface area contributed by atoms with Crippen LogP contribution in [0.1, 0.15) is 27.7 Å². The molecule has 96 valence electrons. The summed E-state index contributed by atoms with van der Waals surface area (Å²) in [4.78, 5) is 0. The van der Waals surface area contributed by atoms with Gasteiger partial charge >= 0.3 is 113 Å². The van der Waals surface area contributed by atoms with Crippen LogP contribution in [0.3, 0.4) is 0 Å². The summed E-state index contributed by atoms with van der Waals surface area (Å²) in [6.07, 6.45) is -0.151. The molecule has 17 heavy (non-hydrogen) atoms. The Morgan fingerprint density at radius 3 is 1.88 bits per heavy atom. The second-order valence-electron chi connectivity index (χ2n) is 4.16. The topological polar surface area (TPSA) is 35.5 Å². The molecule has 3 nitrogen and oxygen atoms in total. The fourth-order valence-electron chi connectivity index (χ4n) is 1.19. The first kappa shape index (κ1) is 15.2. The summed E-state index contributed by atoms with van der Waals surface area (Å²) in [5.74, 6) is 0. The zero-order valence-corrected chi connectivity index (χ0v) is 13.8. The van der Waals surface area contributed by atoms with E-state index in [-0.39, 0.29) is 12.2 Å². The van der Waals surface area contributed by atoms with Gasteiger partial charge in [0.1, 0.15) is 0 Å².